The number of rotatable bonds is 10. The minimum Gasteiger partial charge on any atom is -0.304 e. The summed E-state index contributed by atoms with van der Waals surface area (Å²) >= 11 is 19.5. The van der Waals surface area contributed by atoms with Crippen LogP contribution in [-0.2, 0) is 19.1 Å². The first-order valence-electron chi connectivity index (χ1n) is 28.9. The standard InChI is InChI=1S/C16H10ClNO2S.C16H8N2O4S2.C8H4ClNO2S.C8H5ClS.C8H5NO2.C8H6.C6H15N.Cl2S2/c17-14(11-6-2-1-3-7-11)10-21-18-15(19)12-8-4-5-9-13(12)16(18)20;19-13-9-5-1-2-6-10(9)14(20)17(13)23-24-18-15(21)11-7-3-4-8-12(11)16(18)22;9-13-10-7(11)5-3-1-2-4-6(5)8(10)12;9-7-5-10-8-4-2-1-3-6(7)8;10-7-5-3-1-2-4-6(5)8(11)9-7;1-2-8-6-4-3-5-7-8;1-4-7(5-2)6-3;1-4(2)3/h1-10H;1-8H;1-4H;1-5H;1-4H,(H,9,10,11);1,3-7H;4-6H2,1-3H3;/b14-10+;;;;;;;. The molecule has 500 valence electrons. The Kier molecular flexibility index (Phi) is 30.4. The van der Waals surface area contributed by atoms with Crippen LogP contribution in [0.2, 0.25) is 5.02 Å². The van der Waals surface area contributed by atoms with Crippen LogP contribution in [0.3, 0.4) is 0 Å². The number of thiophene rings is 1. The van der Waals surface area contributed by atoms with Crippen LogP contribution in [0, 0.1) is 12.3 Å². The molecule has 0 fully saturated rings. The van der Waals surface area contributed by atoms with Crippen molar-refractivity contribution in [1.82, 2.24) is 27.4 Å². The first-order valence-corrected chi connectivity index (χ1v) is 38.8. The molecule has 9 aromatic rings. The van der Waals surface area contributed by atoms with Gasteiger partial charge in [0.25, 0.3) is 59.1 Å². The molecule has 1 N–H and O–H groups in total. The van der Waals surface area contributed by atoms with Gasteiger partial charge < -0.3 is 4.90 Å². The maximum Gasteiger partial charge on any atom is 0.272 e. The number of nitrogens with one attached hydrogen (secondary N) is 1. The summed E-state index contributed by atoms with van der Waals surface area (Å²) in [4.78, 5) is 121. The van der Waals surface area contributed by atoms with Gasteiger partial charge in [0.1, 0.15) is 0 Å². The molecule has 28 heteroatoms. The van der Waals surface area contributed by atoms with Crippen molar-refractivity contribution in [3.63, 3.8) is 0 Å². The topological polar surface area (TPSA) is 199 Å². The predicted octanol–water partition coefficient (Wildman–Crippen LogP) is 17.6. The molecule has 0 saturated heterocycles. The third kappa shape index (κ3) is 19.9. The summed E-state index contributed by atoms with van der Waals surface area (Å²) in [5.74, 6) is -1.20. The van der Waals surface area contributed by atoms with Crippen molar-refractivity contribution in [2.75, 3.05) is 19.6 Å². The molecule has 0 aliphatic carbocycles. The van der Waals surface area contributed by atoms with Crippen molar-refractivity contribution < 1.29 is 47.9 Å². The van der Waals surface area contributed by atoms with Crippen LogP contribution < -0.4 is 5.32 Å². The van der Waals surface area contributed by atoms with E-state index < -0.39 is 31.5 Å². The molecule has 0 radical (unpaired) electrons. The van der Waals surface area contributed by atoms with E-state index in [9.17, 15) is 47.9 Å². The van der Waals surface area contributed by atoms with E-state index in [1.807, 2.05) is 84.2 Å². The number of amides is 10. The van der Waals surface area contributed by atoms with Gasteiger partial charge >= 0.3 is 0 Å². The lowest BCUT2D eigenvalue weighted by Crippen LogP contribution is -2.25. The van der Waals surface area contributed by atoms with Crippen molar-refractivity contribution in [3.8, 4) is 12.3 Å². The number of nitrogens with zero attached hydrogens (tertiary/aromatic N) is 5. The molecule has 6 heterocycles. The maximum absolute atomic E-state index is 12.3. The average Bonchev–Trinajstić information content (AvgIpc) is 1.64. The van der Waals surface area contributed by atoms with E-state index in [4.69, 9.17) is 61.7 Å². The van der Waals surface area contributed by atoms with Crippen LogP contribution in [0.4, 0.5) is 0 Å². The maximum atomic E-state index is 12.3. The molecule has 98 heavy (non-hydrogen) atoms. The molecule has 14 rings (SSSR count). The zero-order valence-electron chi connectivity index (χ0n) is 51.5. The number of carbonyl (C=O) groups excluding carboxylic acids is 10. The fourth-order valence-electron chi connectivity index (χ4n) is 9.06. The van der Waals surface area contributed by atoms with E-state index >= 15 is 0 Å². The SMILES string of the molecule is C#Cc1ccccc1.CCN(CC)CC.Clc1csc2ccccc12.O=C1NC(=O)c2ccccc21.O=C1c2ccccc2C(=O)N1S/C=C(/Cl)c1ccccc1.O=C1c2ccccc2C(=O)N1SCl.O=C1c2ccccc2C(=O)N1SSN1C(=O)c2ccccc2C1=O.S=S(Cl)Cl. The largest absolute Gasteiger partial charge is 0.304 e. The Bertz CT molecular complexity index is 4300. The van der Waals surface area contributed by atoms with Gasteiger partial charge in [0.05, 0.1) is 107 Å². The van der Waals surface area contributed by atoms with E-state index in [0.717, 1.165) is 72.7 Å². The molecule has 16 nitrogen and oxygen atoms in total. The Morgan fingerprint density at radius 2 is 0.796 bits per heavy atom. The highest BCUT2D eigenvalue weighted by Gasteiger charge is 2.41. The second-order valence-corrected chi connectivity index (χ2v) is 29.8. The molecule has 5 aliphatic heterocycles. The number of hydrogen-bond acceptors (Lipinski definition) is 17. The molecule has 5 aliphatic rings. The van der Waals surface area contributed by atoms with Crippen LogP contribution in [-0.4, -0.2) is 101 Å². The highest BCUT2D eigenvalue weighted by atomic mass is 36.0. The van der Waals surface area contributed by atoms with Gasteiger partial charge in [-0.15, -0.1) is 17.8 Å². The lowest BCUT2D eigenvalue weighted by Gasteiger charge is -2.15. The third-order valence-corrected chi connectivity index (χ3v) is 19.7. The van der Waals surface area contributed by atoms with Gasteiger partial charge in [-0.05, 0) is 159 Å². The minimum absolute atomic E-state index is 0.300. The summed E-state index contributed by atoms with van der Waals surface area (Å²) in [5, 5.41) is 8.27. The highest BCUT2D eigenvalue weighted by Crippen LogP contribution is 2.41. The third-order valence-electron chi connectivity index (χ3n) is 13.9. The number of fused-ring (bicyclic) bond motifs is 6. The first kappa shape index (κ1) is 77.5. The molecule has 10 amide bonds. The van der Waals surface area contributed by atoms with Crippen molar-refractivity contribution in [2.45, 2.75) is 20.8 Å². The normalized spacial score (nSPS) is 13.5. The summed E-state index contributed by atoms with van der Waals surface area (Å²) in [6, 6.07) is 60.3. The molecule has 0 saturated carbocycles. The van der Waals surface area contributed by atoms with Crippen LogP contribution in [0.1, 0.15) is 135 Å². The van der Waals surface area contributed by atoms with E-state index in [1.54, 1.807) is 138 Å². The fourth-order valence-corrected chi connectivity index (χ4v) is 13.9. The highest BCUT2D eigenvalue weighted by molar-refractivity contribution is 8.75. The molecule has 1 aromatic heterocycles. The minimum atomic E-state index is -0.833. The number of terminal acetylenes is 1. The molecule has 8 aromatic carbocycles. The average molecular weight is 1540 g/mol. The molecule has 0 unspecified atom stereocenters. The van der Waals surface area contributed by atoms with E-state index in [-0.39, 0.29) is 35.4 Å². The molecule has 0 atom stereocenters. The van der Waals surface area contributed by atoms with E-state index in [1.165, 1.54) is 24.3 Å². The second-order valence-electron chi connectivity index (χ2n) is 19.7. The van der Waals surface area contributed by atoms with Crippen molar-refractivity contribution in [1.29, 1.82) is 0 Å². The van der Waals surface area contributed by atoms with Gasteiger partial charge in [-0.25, -0.2) is 12.9 Å². The van der Waals surface area contributed by atoms with Crippen LogP contribution in [0.5, 0.6) is 0 Å². The lowest BCUT2D eigenvalue weighted by atomic mass is 10.1. The zero-order chi connectivity index (χ0) is 71.0. The van der Waals surface area contributed by atoms with Crippen LogP contribution >= 0.6 is 112 Å². The number of carbonyl (C=O) groups is 10. The van der Waals surface area contributed by atoms with Gasteiger partial charge in [-0.2, -0.15) is 4.31 Å². The van der Waals surface area contributed by atoms with Gasteiger partial charge in [-0.3, -0.25) is 53.3 Å². The van der Waals surface area contributed by atoms with Gasteiger partial charge in [-0.1, -0.05) is 177 Å². The van der Waals surface area contributed by atoms with Gasteiger partial charge in [0.15, 0.2) is 0 Å². The van der Waals surface area contributed by atoms with Crippen molar-refractivity contribution in [2.24, 2.45) is 0 Å². The van der Waals surface area contributed by atoms with Crippen molar-refractivity contribution in [3.05, 3.63) is 289 Å². The number of imide groups is 5. The molecular formula is C70H53Cl5N6O10S7. The monoisotopic (exact) mass is 1540 g/mol. The number of benzene rings is 8. The predicted molar refractivity (Wildman–Crippen MR) is 404 cm³/mol. The lowest BCUT2D eigenvalue weighted by molar-refractivity contribution is 0.0757. The number of halogens is 5. The van der Waals surface area contributed by atoms with Crippen LogP contribution in [0.15, 0.2) is 217 Å². The van der Waals surface area contributed by atoms with Gasteiger partial charge in [0, 0.05) is 26.4 Å². The summed E-state index contributed by atoms with van der Waals surface area (Å²) in [6.07, 6.45) is 5.10. The Morgan fingerprint density at radius 3 is 1.11 bits per heavy atom. The van der Waals surface area contributed by atoms with Crippen molar-refractivity contribution >= 4 is 205 Å². The zero-order valence-corrected chi connectivity index (χ0v) is 61.0. The summed E-state index contributed by atoms with van der Waals surface area (Å²) in [6.45, 7) is 10.1. The Morgan fingerprint density at radius 1 is 0.490 bits per heavy atom. The molecular weight excluding hydrogens is 1490 g/mol. The fraction of sp³-hybridized carbons (Fsp3) is 0.0857. The molecule has 0 spiro atoms. The van der Waals surface area contributed by atoms with E-state index in [2.05, 4.69) is 54.2 Å². The Hall–Kier alpha value is -7.90. The first-order chi connectivity index (χ1) is 47.2. The summed E-state index contributed by atoms with van der Waals surface area (Å²) in [7, 11) is 15.9. The smallest absolute Gasteiger partial charge is 0.272 e. The quantitative estimate of drug-likeness (QED) is 0.0445. The number of hydrogen-bond donors (Lipinski definition) is 1. The summed E-state index contributed by atoms with van der Waals surface area (Å²) in [5.41, 5.74) is 5.68. The summed E-state index contributed by atoms with van der Waals surface area (Å²) < 4.78 is 5.23. The Balaban J connectivity index is 0.000000166. The van der Waals surface area contributed by atoms with Gasteiger partial charge in [0.2, 0.25) is 0 Å². The Labute approximate surface area is 616 Å². The second kappa shape index (κ2) is 38.5. The van der Waals surface area contributed by atoms with Crippen LogP contribution in [0.25, 0.3) is 15.1 Å². The van der Waals surface area contributed by atoms with E-state index in [0.29, 0.717) is 71.8 Å². The molecule has 0 bridgehead atoms.